The number of nitrogens with one attached hydrogen (secondary N) is 1. The van der Waals surface area contributed by atoms with Crippen LogP contribution in [0.25, 0.3) is 6.08 Å². The molecule has 0 radical (unpaired) electrons. The molecule has 1 aromatic rings. The number of benzene rings is 1. The fourth-order valence-electron chi connectivity index (χ4n) is 3.49. The largest absolute Gasteiger partial charge is 0.328 e. The molecule has 132 valence electrons. The van der Waals surface area contributed by atoms with Crippen molar-refractivity contribution >= 4 is 30.9 Å². The predicted molar refractivity (Wildman–Crippen MR) is 105 cm³/mol. The Morgan fingerprint density at radius 1 is 1.17 bits per heavy atom. The molecule has 1 aromatic carbocycles. The Hall–Kier alpha value is -1.05. The van der Waals surface area contributed by atoms with Crippen molar-refractivity contribution in [2.75, 3.05) is 0 Å². The lowest BCUT2D eigenvalue weighted by molar-refractivity contribution is 0.338. The first kappa shape index (κ1) is 21.0. The minimum absolute atomic E-state index is 0. The summed E-state index contributed by atoms with van der Waals surface area (Å²) >= 11 is 0. The highest BCUT2D eigenvalue weighted by Gasteiger charge is 2.39. The number of nitrogens with two attached hydrogens (primary N) is 1. The molecular formula is C19H27Cl2N3. The Morgan fingerprint density at radius 3 is 2.38 bits per heavy atom. The molecule has 0 amide bonds. The van der Waals surface area contributed by atoms with Crippen molar-refractivity contribution in [3.05, 3.63) is 41.0 Å². The molecule has 0 saturated heterocycles. The highest BCUT2D eigenvalue weighted by Crippen LogP contribution is 2.39. The van der Waals surface area contributed by atoms with Crippen LogP contribution in [0.5, 0.6) is 0 Å². The van der Waals surface area contributed by atoms with Gasteiger partial charge in [-0.05, 0) is 62.6 Å². The molecule has 2 saturated carbocycles. The van der Waals surface area contributed by atoms with Gasteiger partial charge in [0.15, 0.2) is 0 Å². The van der Waals surface area contributed by atoms with Gasteiger partial charge in [0.05, 0.1) is 11.6 Å². The Bertz CT molecular complexity index is 584. The fourth-order valence-corrected chi connectivity index (χ4v) is 3.49. The van der Waals surface area contributed by atoms with Crippen molar-refractivity contribution < 1.29 is 0 Å². The third-order valence-corrected chi connectivity index (χ3v) is 5.03. The summed E-state index contributed by atoms with van der Waals surface area (Å²) in [7, 11) is 0. The van der Waals surface area contributed by atoms with E-state index in [1.165, 1.54) is 30.4 Å². The monoisotopic (exact) mass is 367 g/mol. The number of halogens is 2. The van der Waals surface area contributed by atoms with Crippen molar-refractivity contribution in [2.24, 2.45) is 11.7 Å². The molecule has 0 heterocycles. The van der Waals surface area contributed by atoms with Crippen molar-refractivity contribution in [1.82, 2.24) is 5.32 Å². The van der Waals surface area contributed by atoms with Crippen LogP contribution in [0.15, 0.2) is 29.8 Å². The van der Waals surface area contributed by atoms with Crippen LogP contribution in [-0.2, 0) is 0 Å². The minimum atomic E-state index is 0. The number of rotatable bonds is 4. The van der Waals surface area contributed by atoms with Gasteiger partial charge in [0.1, 0.15) is 0 Å². The van der Waals surface area contributed by atoms with E-state index in [0.29, 0.717) is 24.0 Å². The van der Waals surface area contributed by atoms with Gasteiger partial charge in [-0.25, -0.2) is 0 Å². The molecule has 2 fully saturated rings. The van der Waals surface area contributed by atoms with Crippen LogP contribution < -0.4 is 11.1 Å². The predicted octanol–water partition coefficient (Wildman–Crippen LogP) is 4.05. The van der Waals surface area contributed by atoms with Crippen molar-refractivity contribution in [3.8, 4) is 6.07 Å². The summed E-state index contributed by atoms with van der Waals surface area (Å²) in [5.41, 5.74) is 9.31. The van der Waals surface area contributed by atoms with Crippen molar-refractivity contribution in [3.63, 3.8) is 0 Å². The summed E-state index contributed by atoms with van der Waals surface area (Å²) in [6, 6.07) is 11.7. The Balaban J connectivity index is 0.00000144. The molecule has 24 heavy (non-hydrogen) atoms. The Morgan fingerprint density at radius 2 is 1.79 bits per heavy atom. The molecule has 0 bridgehead atoms. The maximum Gasteiger partial charge on any atom is 0.0991 e. The van der Waals surface area contributed by atoms with E-state index >= 15 is 0 Å². The molecule has 3 rings (SSSR count). The first-order valence-electron chi connectivity index (χ1n) is 8.35. The lowest BCUT2D eigenvalue weighted by Gasteiger charge is -2.27. The lowest BCUT2D eigenvalue weighted by Crippen LogP contribution is -2.38. The number of nitriles is 1. The summed E-state index contributed by atoms with van der Waals surface area (Å²) in [6.45, 7) is 2.22. The quantitative estimate of drug-likeness (QED) is 0.843. The molecule has 2 aliphatic carbocycles. The average molecular weight is 368 g/mol. The standard InChI is InChI=1S/C19H25N3.2ClH/c1-13(10-14-2-4-15(12-20)5-3-14)18-11-19(18)22-17-8-6-16(21)7-9-17;;/h2-5,10,16-19,22H,6-9,11,21H2,1H3;2*1H/t16-,17+,18?,19?;;. The Kier molecular flexibility index (Phi) is 8.26. The van der Waals surface area contributed by atoms with E-state index in [4.69, 9.17) is 11.0 Å². The molecule has 0 aromatic heterocycles. The van der Waals surface area contributed by atoms with Gasteiger partial charge < -0.3 is 11.1 Å². The number of hydrogen-bond acceptors (Lipinski definition) is 3. The summed E-state index contributed by atoms with van der Waals surface area (Å²) in [5, 5.41) is 12.6. The van der Waals surface area contributed by atoms with E-state index in [0.717, 1.165) is 18.4 Å². The molecule has 5 heteroatoms. The van der Waals surface area contributed by atoms with Crippen LogP contribution in [0, 0.1) is 17.2 Å². The topological polar surface area (TPSA) is 61.8 Å². The van der Waals surface area contributed by atoms with Gasteiger partial charge in [-0.3, -0.25) is 0 Å². The molecule has 0 aliphatic heterocycles. The zero-order chi connectivity index (χ0) is 15.5. The normalized spacial score (nSPS) is 29.0. The van der Waals surface area contributed by atoms with Gasteiger partial charge in [-0.2, -0.15) is 5.26 Å². The van der Waals surface area contributed by atoms with Crippen LogP contribution >= 0.6 is 24.8 Å². The van der Waals surface area contributed by atoms with Crippen LogP contribution in [0.2, 0.25) is 0 Å². The average Bonchev–Trinajstić information content (AvgIpc) is 3.30. The van der Waals surface area contributed by atoms with Gasteiger partial charge in [0, 0.05) is 18.1 Å². The van der Waals surface area contributed by atoms with E-state index < -0.39 is 0 Å². The van der Waals surface area contributed by atoms with E-state index in [2.05, 4.69) is 24.4 Å². The molecule has 2 aliphatic rings. The molecular weight excluding hydrogens is 341 g/mol. The van der Waals surface area contributed by atoms with E-state index in [-0.39, 0.29) is 24.8 Å². The first-order chi connectivity index (χ1) is 10.7. The lowest BCUT2D eigenvalue weighted by atomic mass is 9.92. The molecule has 3 N–H and O–H groups in total. The number of nitrogens with zero attached hydrogens (tertiary/aromatic N) is 1. The zero-order valence-electron chi connectivity index (χ0n) is 14.1. The van der Waals surface area contributed by atoms with Gasteiger partial charge in [-0.15, -0.1) is 24.8 Å². The van der Waals surface area contributed by atoms with Crippen LogP contribution in [0.3, 0.4) is 0 Å². The highest BCUT2D eigenvalue weighted by molar-refractivity contribution is 5.85. The fraction of sp³-hybridized carbons (Fsp3) is 0.526. The Labute approximate surface area is 157 Å². The van der Waals surface area contributed by atoms with E-state index in [1.807, 2.05) is 24.3 Å². The SMILES string of the molecule is CC(=Cc1ccc(C#N)cc1)C1CC1N[C@H]1CC[C@@H](N)CC1.Cl.Cl. The summed E-state index contributed by atoms with van der Waals surface area (Å²) < 4.78 is 0. The second-order valence-electron chi connectivity index (χ2n) is 6.85. The molecule has 0 spiro atoms. The first-order valence-corrected chi connectivity index (χ1v) is 8.35. The van der Waals surface area contributed by atoms with Gasteiger partial charge in [-0.1, -0.05) is 23.8 Å². The van der Waals surface area contributed by atoms with Crippen molar-refractivity contribution in [1.29, 1.82) is 5.26 Å². The van der Waals surface area contributed by atoms with E-state index in [1.54, 1.807) is 0 Å². The zero-order valence-corrected chi connectivity index (χ0v) is 15.7. The van der Waals surface area contributed by atoms with E-state index in [9.17, 15) is 0 Å². The highest BCUT2D eigenvalue weighted by atomic mass is 35.5. The van der Waals surface area contributed by atoms with Gasteiger partial charge in [0.25, 0.3) is 0 Å². The maximum absolute atomic E-state index is 8.83. The van der Waals surface area contributed by atoms with Crippen molar-refractivity contribution in [2.45, 2.75) is 57.2 Å². The third-order valence-electron chi connectivity index (χ3n) is 5.03. The third kappa shape index (κ3) is 5.50. The van der Waals surface area contributed by atoms with Crippen LogP contribution in [0.1, 0.15) is 50.2 Å². The summed E-state index contributed by atoms with van der Waals surface area (Å²) in [5.74, 6) is 0.672. The maximum atomic E-state index is 8.83. The second-order valence-corrected chi connectivity index (χ2v) is 6.85. The minimum Gasteiger partial charge on any atom is -0.328 e. The second kappa shape index (κ2) is 9.44. The van der Waals surface area contributed by atoms with Crippen LogP contribution in [-0.4, -0.2) is 18.1 Å². The van der Waals surface area contributed by atoms with Gasteiger partial charge >= 0.3 is 0 Å². The summed E-state index contributed by atoms with van der Waals surface area (Å²) in [6.07, 6.45) is 8.28. The number of hydrogen-bond donors (Lipinski definition) is 2. The van der Waals surface area contributed by atoms with Crippen LogP contribution in [0.4, 0.5) is 0 Å². The smallest absolute Gasteiger partial charge is 0.0991 e. The molecule has 3 nitrogen and oxygen atoms in total. The molecule has 2 atom stereocenters. The molecule has 2 unspecified atom stereocenters. The van der Waals surface area contributed by atoms with Gasteiger partial charge in [0.2, 0.25) is 0 Å². The summed E-state index contributed by atoms with van der Waals surface area (Å²) in [4.78, 5) is 0.